The van der Waals surface area contributed by atoms with Crippen molar-refractivity contribution in [3.05, 3.63) is 42.0 Å². The molecule has 0 amide bonds. The molecule has 0 atom stereocenters. The summed E-state index contributed by atoms with van der Waals surface area (Å²) in [4.78, 5) is 13.4. The van der Waals surface area contributed by atoms with E-state index in [9.17, 15) is 4.39 Å². The van der Waals surface area contributed by atoms with Gasteiger partial charge in [-0.2, -0.15) is 0 Å². The third kappa shape index (κ3) is 2.05. The van der Waals surface area contributed by atoms with E-state index in [1.54, 1.807) is 18.3 Å². The van der Waals surface area contributed by atoms with E-state index in [1.165, 1.54) is 12.1 Å². The smallest absolute Gasteiger partial charge is 0.198 e. The van der Waals surface area contributed by atoms with Gasteiger partial charge in [-0.15, -0.1) is 0 Å². The predicted octanol–water partition coefficient (Wildman–Crippen LogP) is 3.29. The normalized spacial score (nSPS) is 11.4. The van der Waals surface area contributed by atoms with Gasteiger partial charge in [0.05, 0.1) is 11.9 Å². The van der Waals surface area contributed by atoms with E-state index in [0.29, 0.717) is 11.6 Å². The number of hydrogen-bond donors (Lipinski definition) is 0. The first-order valence-corrected chi connectivity index (χ1v) is 6.51. The maximum atomic E-state index is 13.0. The Balaban J connectivity index is 2.17. The molecule has 3 aromatic rings. The summed E-state index contributed by atoms with van der Waals surface area (Å²) >= 11 is 0. The van der Waals surface area contributed by atoms with Crippen molar-refractivity contribution in [2.75, 3.05) is 0 Å². The van der Waals surface area contributed by atoms with Crippen molar-refractivity contribution in [1.29, 1.82) is 0 Å². The van der Waals surface area contributed by atoms with Crippen LogP contribution in [0.5, 0.6) is 0 Å². The first kappa shape index (κ1) is 12.7. The maximum absolute atomic E-state index is 13.0. The van der Waals surface area contributed by atoms with Crippen LogP contribution < -0.4 is 0 Å². The molecule has 1 aromatic carbocycles. The van der Waals surface area contributed by atoms with E-state index < -0.39 is 0 Å². The van der Waals surface area contributed by atoms with Crippen LogP contribution in [0.2, 0.25) is 0 Å². The molecule has 0 aliphatic rings. The van der Waals surface area contributed by atoms with E-state index in [0.717, 1.165) is 22.7 Å². The van der Waals surface area contributed by atoms with Gasteiger partial charge in [0, 0.05) is 12.6 Å². The Morgan fingerprint density at radius 2 is 1.80 bits per heavy atom. The van der Waals surface area contributed by atoms with Crippen molar-refractivity contribution in [3.63, 3.8) is 0 Å². The number of nitrogens with zero attached hydrogens (tertiary/aromatic N) is 4. The van der Waals surface area contributed by atoms with Crippen LogP contribution in [0.25, 0.3) is 22.7 Å². The Bertz CT molecular complexity index is 759. The summed E-state index contributed by atoms with van der Waals surface area (Å²) in [5.74, 6) is 0.794. The van der Waals surface area contributed by atoms with Gasteiger partial charge >= 0.3 is 0 Å². The molecule has 0 spiro atoms. The standard InChI is InChI=1S/C15H15FN4/c1-9(2)12-8-17-13-15(18-12)20(3)14(19-13)10-4-6-11(16)7-5-10/h4-9H,1-3H3. The number of aryl methyl sites for hydroxylation is 1. The monoisotopic (exact) mass is 270 g/mol. The minimum absolute atomic E-state index is 0.258. The highest BCUT2D eigenvalue weighted by Crippen LogP contribution is 2.23. The van der Waals surface area contributed by atoms with E-state index in [4.69, 9.17) is 0 Å². The average molecular weight is 270 g/mol. The van der Waals surface area contributed by atoms with Gasteiger partial charge in [-0.25, -0.2) is 19.3 Å². The van der Waals surface area contributed by atoms with Crippen LogP contribution in [-0.2, 0) is 7.05 Å². The van der Waals surface area contributed by atoms with Gasteiger partial charge in [0.25, 0.3) is 0 Å². The Morgan fingerprint density at radius 3 is 2.45 bits per heavy atom. The Hall–Kier alpha value is -2.30. The number of halogens is 1. The number of aromatic nitrogens is 4. The minimum atomic E-state index is -0.258. The lowest BCUT2D eigenvalue weighted by Gasteiger charge is -2.04. The molecule has 0 aliphatic carbocycles. The molecule has 0 aliphatic heterocycles. The molecule has 102 valence electrons. The molecule has 0 radical (unpaired) electrons. The van der Waals surface area contributed by atoms with E-state index in [2.05, 4.69) is 28.8 Å². The van der Waals surface area contributed by atoms with Crippen molar-refractivity contribution >= 4 is 11.3 Å². The molecule has 2 aromatic heterocycles. The number of hydrogen-bond acceptors (Lipinski definition) is 3. The van der Waals surface area contributed by atoms with Crippen molar-refractivity contribution in [1.82, 2.24) is 19.5 Å². The summed E-state index contributed by atoms with van der Waals surface area (Å²) in [5, 5.41) is 0. The zero-order chi connectivity index (χ0) is 14.3. The zero-order valence-corrected chi connectivity index (χ0v) is 11.6. The molecule has 3 rings (SSSR count). The van der Waals surface area contributed by atoms with Crippen LogP contribution in [0.1, 0.15) is 25.5 Å². The number of rotatable bonds is 2. The van der Waals surface area contributed by atoms with Crippen molar-refractivity contribution in [3.8, 4) is 11.4 Å². The molecular weight excluding hydrogens is 255 g/mol. The molecule has 2 heterocycles. The SMILES string of the molecule is CC(C)c1cnc2nc(-c3ccc(F)cc3)n(C)c2n1. The third-order valence-electron chi connectivity index (χ3n) is 3.30. The number of fused-ring (bicyclic) bond motifs is 1. The van der Waals surface area contributed by atoms with Gasteiger partial charge in [0.2, 0.25) is 0 Å². The van der Waals surface area contributed by atoms with Crippen LogP contribution in [0.3, 0.4) is 0 Å². The molecule has 20 heavy (non-hydrogen) atoms. The average Bonchev–Trinajstić information content (AvgIpc) is 2.76. The third-order valence-corrected chi connectivity index (χ3v) is 3.30. The summed E-state index contributed by atoms with van der Waals surface area (Å²) in [5.41, 5.74) is 3.14. The second kappa shape index (κ2) is 4.67. The summed E-state index contributed by atoms with van der Waals surface area (Å²) in [6.45, 7) is 4.15. The first-order chi connectivity index (χ1) is 9.56. The molecule has 5 heteroatoms. The Kier molecular flexibility index (Phi) is 2.97. The summed E-state index contributed by atoms with van der Waals surface area (Å²) < 4.78 is 14.9. The van der Waals surface area contributed by atoms with E-state index in [1.807, 2.05) is 11.6 Å². The van der Waals surface area contributed by atoms with Crippen molar-refractivity contribution in [2.24, 2.45) is 7.05 Å². The van der Waals surface area contributed by atoms with Gasteiger partial charge in [0.15, 0.2) is 11.3 Å². The van der Waals surface area contributed by atoms with Gasteiger partial charge in [-0.1, -0.05) is 13.8 Å². The zero-order valence-electron chi connectivity index (χ0n) is 11.6. The van der Waals surface area contributed by atoms with Crippen molar-refractivity contribution in [2.45, 2.75) is 19.8 Å². The fourth-order valence-corrected chi connectivity index (χ4v) is 2.10. The van der Waals surface area contributed by atoms with Crippen LogP contribution in [0.15, 0.2) is 30.5 Å². The lowest BCUT2D eigenvalue weighted by atomic mass is 10.1. The van der Waals surface area contributed by atoms with Crippen LogP contribution >= 0.6 is 0 Å². The first-order valence-electron chi connectivity index (χ1n) is 6.51. The van der Waals surface area contributed by atoms with Gasteiger partial charge in [0.1, 0.15) is 11.6 Å². The highest BCUT2D eigenvalue weighted by Gasteiger charge is 2.13. The summed E-state index contributed by atoms with van der Waals surface area (Å²) in [7, 11) is 1.90. The van der Waals surface area contributed by atoms with Gasteiger partial charge in [-0.3, -0.25) is 0 Å². The lowest BCUT2D eigenvalue weighted by molar-refractivity contribution is 0.628. The lowest BCUT2D eigenvalue weighted by Crippen LogP contribution is -1.98. The quantitative estimate of drug-likeness (QED) is 0.717. The molecule has 0 N–H and O–H groups in total. The van der Waals surface area contributed by atoms with Crippen LogP contribution in [0.4, 0.5) is 4.39 Å². The van der Waals surface area contributed by atoms with E-state index in [-0.39, 0.29) is 5.82 Å². The molecule has 0 bridgehead atoms. The molecule has 0 fully saturated rings. The van der Waals surface area contributed by atoms with Crippen LogP contribution in [-0.4, -0.2) is 19.5 Å². The number of benzene rings is 1. The van der Waals surface area contributed by atoms with E-state index >= 15 is 0 Å². The fourth-order valence-electron chi connectivity index (χ4n) is 2.10. The van der Waals surface area contributed by atoms with Gasteiger partial charge < -0.3 is 4.57 Å². The Labute approximate surface area is 116 Å². The molecule has 0 saturated heterocycles. The highest BCUT2D eigenvalue weighted by molar-refractivity contribution is 5.73. The molecule has 4 nitrogen and oxygen atoms in total. The highest BCUT2D eigenvalue weighted by atomic mass is 19.1. The second-order valence-corrected chi connectivity index (χ2v) is 5.10. The van der Waals surface area contributed by atoms with Gasteiger partial charge in [-0.05, 0) is 30.2 Å². The number of imidazole rings is 1. The molecular formula is C15H15FN4. The molecule has 0 unspecified atom stereocenters. The Morgan fingerprint density at radius 1 is 1.10 bits per heavy atom. The summed E-state index contributed by atoms with van der Waals surface area (Å²) in [6, 6.07) is 6.27. The predicted molar refractivity (Wildman–Crippen MR) is 75.8 cm³/mol. The van der Waals surface area contributed by atoms with Crippen molar-refractivity contribution < 1.29 is 4.39 Å². The second-order valence-electron chi connectivity index (χ2n) is 5.10. The minimum Gasteiger partial charge on any atom is -0.310 e. The summed E-state index contributed by atoms with van der Waals surface area (Å²) in [6.07, 6.45) is 1.76. The fraction of sp³-hybridized carbons (Fsp3) is 0.267. The maximum Gasteiger partial charge on any atom is 0.198 e. The molecule has 0 saturated carbocycles. The van der Waals surface area contributed by atoms with Crippen LogP contribution in [0, 0.1) is 5.82 Å². The topological polar surface area (TPSA) is 43.6 Å². The largest absolute Gasteiger partial charge is 0.310 e.